The molecule has 2 N–H and O–H groups in total. The molecular formula is C13H22N4O2. The van der Waals surface area contributed by atoms with E-state index in [0.29, 0.717) is 24.0 Å². The lowest BCUT2D eigenvalue weighted by Gasteiger charge is -2.21. The topological polar surface area (TPSA) is 70.4 Å². The van der Waals surface area contributed by atoms with Crippen LogP contribution >= 0.6 is 0 Å². The summed E-state index contributed by atoms with van der Waals surface area (Å²) in [7, 11) is 3.71. The zero-order valence-electron chi connectivity index (χ0n) is 11.9. The van der Waals surface area contributed by atoms with E-state index < -0.39 is 0 Å². The van der Waals surface area contributed by atoms with Crippen molar-refractivity contribution in [3.8, 4) is 0 Å². The van der Waals surface area contributed by atoms with Crippen LogP contribution < -0.4 is 10.6 Å². The largest absolute Gasteiger partial charge is 0.382 e. The van der Waals surface area contributed by atoms with E-state index in [1.807, 2.05) is 7.05 Å². The minimum atomic E-state index is -0.361. The quantitative estimate of drug-likeness (QED) is 0.585. The number of nitrogens with one attached hydrogen (secondary N) is 2. The van der Waals surface area contributed by atoms with Crippen LogP contribution in [0, 0.1) is 10.1 Å². The molecule has 0 aliphatic rings. The third kappa shape index (κ3) is 4.10. The first-order valence-electron chi connectivity index (χ1n) is 6.36. The maximum atomic E-state index is 11.1. The van der Waals surface area contributed by atoms with Crippen LogP contribution in [-0.2, 0) is 0 Å². The molecule has 0 spiro atoms. The molecule has 0 heterocycles. The summed E-state index contributed by atoms with van der Waals surface area (Å²) in [5.74, 6) is 0. The van der Waals surface area contributed by atoms with Gasteiger partial charge in [0.15, 0.2) is 0 Å². The molecule has 1 aromatic rings. The minimum absolute atomic E-state index is 0.0946. The van der Waals surface area contributed by atoms with Gasteiger partial charge in [0.25, 0.3) is 0 Å². The normalized spacial score (nSPS) is 10.8. The monoisotopic (exact) mass is 266 g/mol. The zero-order valence-corrected chi connectivity index (χ0v) is 11.9. The van der Waals surface area contributed by atoms with E-state index in [4.69, 9.17) is 0 Å². The minimum Gasteiger partial charge on any atom is -0.382 e. The lowest BCUT2D eigenvalue weighted by atomic mass is 10.2. The molecule has 1 aromatic carbocycles. The van der Waals surface area contributed by atoms with Crippen molar-refractivity contribution in [2.75, 3.05) is 37.8 Å². The van der Waals surface area contributed by atoms with E-state index in [1.54, 1.807) is 25.2 Å². The van der Waals surface area contributed by atoms with Crippen LogP contribution in [0.25, 0.3) is 0 Å². The summed E-state index contributed by atoms with van der Waals surface area (Å²) < 4.78 is 0. The molecule has 0 aliphatic heterocycles. The number of hydrogen-bond donors (Lipinski definition) is 2. The van der Waals surface area contributed by atoms with Gasteiger partial charge in [-0.15, -0.1) is 0 Å². The predicted octanol–water partition coefficient (Wildman–Crippen LogP) is 2.39. The third-order valence-corrected chi connectivity index (χ3v) is 3.15. The number of nitro benzene ring substituents is 1. The van der Waals surface area contributed by atoms with Crippen molar-refractivity contribution in [2.24, 2.45) is 0 Å². The van der Waals surface area contributed by atoms with Crippen molar-refractivity contribution >= 4 is 17.1 Å². The fourth-order valence-electron chi connectivity index (χ4n) is 1.71. The van der Waals surface area contributed by atoms with Gasteiger partial charge < -0.3 is 15.5 Å². The zero-order chi connectivity index (χ0) is 14.4. The molecule has 0 fully saturated rings. The Morgan fingerprint density at radius 1 is 1.37 bits per heavy atom. The molecule has 6 nitrogen and oxygen atoms in total. The lowest BCUT2D eigenvalue weighted by Crippen LogP contribution is -2.31. The molecule has 0 saturated carbocycles. The predicted molar refractivity (Wildman–Crippen MR) is 78.9 cm³/mol. The number of anilines is 2. The van der Waals surface area contributed by atoms with Crippen molar-refractivity contribution in [1.82, 2.24) is 4.90 Å². The van der Waals surface area contributed by atoms with Crippen molar-refractivity contribution in [1.29, 1.82) is 0 Å². The number of nitrogens with zero attached hydrogens (tertiary/aromatic N) is 2. The van der Waals surface area contributed by atoms with Crippen molar-refractivity contribution in [3.05, 3.63) is 28.3 Å². The van der Waals surface area contributed by atoms with Crippen LogP contribution in [-0.4, -0.2) is 43.0 Å². The maximum Gasteiger partial charge on any atom is 0.315 e. The van der Waals surface area contributed by atoms with Gasteiger partial charge in [-0.3, -0.25) is 10.1 Å². The molecule has 0 saturated heterocycles. The first-order valence-corrected chi connectivity index (χ1v) is 6.36. The van der Waals surface area contributed by atoms with Crippen molar-refractivity contribution in [3.63, 3.8) is 0 Å². The van der Waals surface area contributed by atoms with Gasteiger partial charge in [0.05, 0.1) is 4.92 Å². The van der Waals surface area contributed by atoms with Gasteiger partial charge in [-0.05, 0) is 33.0 Å². The van der Waals surface area contributed by atoms with Gasteiger partial charge in [0, 0.05) is 26.2 Å². The third-order valence-electron chi connectivity index (χ3n) is 3.15. The van der Waals surface area contributed by atoms with Gasteiger partial charge >= 0.3 is 5.69 Å². The molecule has 0 amide bonds. The Labute approximate surface area is 113 Å². The Balaban J connectivity index is 2.75. The molecule has 19 heavy (non-hydrogen) atoms. The van der Waals surface area contributed by atoms with Crippen LogP contribution in [0.15, 0.2) is 18.2 Å². The van der Waals surface area contributed by atoms with E-state index in [9.17, 15) is 10.1 Å². The molecule has 0 aromatic heterocycles. The second-order valence-electron chi connectivity index (χ2n) is 4.71. The molecule has 0 bridgehead atoms. The highest BCUT2D eigenvalue weighted by Crippen LogP contribution is 2.32. The van der Waals surface area contributed by atoms with Gasteiger partial charge in [0.1, 0.15) is 11.4 Å². The average molecular weight is 266 g/mol. The molecule has 6 heteroatoms. The fraction of sp³-hybridized carbons (Fsp3) is 0.538. The lowest BCUT2D eigenvalue weighted by molar-refractivity contribution is -0.383. The standard InChI is InChI=1S/C13H22N4O2/c1-10(2)16(4)9-8-15-12-7-5-6-11(14-3)13(12)17(18)19/h5-7,10,14-15H,8-9H2,1-4H3. The summed E-state index contributed by atoms with van der Waals surface area (Å²) >= 11 is 0. The van der Waals surface area contributed by atoms with E-state index in [-0.39, 0.29) is 10.6 Å². The van der Waals surface area contributed by atoms with E-state index in [1.165, 1.54) is 0 Å². The van der Waals surface area contributed by atoms with Crippen LogP contribution in [0.3, 0.4) is 0 Å². The van der Waals surface area contributed by atoms with Gasteiger partial charge in [-0.1, -0.05) is 6.07 Å². The number of para-hydroxylation sites is 1. The first kappa shape index (κ1) is 15.2. The van der Waals surface area contributed by atoms with E-state index in [2.05, 4.69) is 29.4 Å². The number of hydrogen-bond acceptors (Lipinski definition) is 5. The van der Waals surface area contributed by atoms with Crippen LogP contribution in [0.5, 0.6) is 0 Å². The van der Waals surface area contributed by atoms with Gasteiger partial charge in [-0.2, -0.15) is 0 Å². The Kier molecular flexibility index (Phi) is 5.57. The van der Waals surface area contributed by atoms with Crippen LogP contribution in [0.4, 0.5) is 17.1 Å². The summed E-state index contributed by atoms with van der Waals surface area (Å²) in [5.41, 5.74) is 1.17. The van der Waals surface area contributed by atoms with E-state index in [0.717, 1.165) is 6.54 Å². The summed E-state index contributed by atoms with van der Waals surface area (Å²) in [6.07, 6.45) is 0. The molecule has 0 radical (unpaired) electrons. The molecule has 106 valence electrons. The molecule has 1 rings (SSSR count). The molecule has 0 unspecified atom stereocenters. The average Bonchev–Trinajstić information content (AvgIpc) is 2.37. The highest BCUT2D eigenvalue weighted by atomic mass is 16.6. The smallest absolute Gasteiger partial charge is 0.315 e. The second kappa shape index (κ2) is 6.94. The van der Waals surface area contributed by atoms with Crippen molar-refractivity contribution in [2.45, 2.75) is 19.9 Å². The highest BCUT2D eigenvalue weighted by molar-refractivity contribution is 5.75. The van der Waals surface area contributed by atoms with Crippen molar-refractivity contribution < 1.29 is 4.92 Å². The number of nitro groups is 1. The summed E-state index contributed by atoms with van der Waals surface area (Å²) in [5, 5.41) is 17.1. The second-order valence-corrected chi connectivity index (χ2v) is 4.71. The number of likely N-dealkylation sites (N-methyl/N-ethyl adjacent to an activating group) is 1. The Hall–Kier alpha value is -1.82. The summed E-state index contributed by atoms with van der Waals surface area (Å²) in [6, 6.07) is 5.69. The van der Waals surface area contributed by atoms with Gasteiger partial charge in [0.2, 0.25) is 0 Å². The van der Waals surface area contributed by atoms with Gasteiger partial charge in [-0.25, -0.2) is 0 Å². The SMILES string of the molecule is CNc1cccc(NCCN(C)C(C)C)c1[N+](=O)[O-]. The molecular weight excluding hydrogens is 244 g/mol. The maximum absolute atomic E-state index is 11.1. The van der Waals surface area contributed by atoms with Crippen LogP contribution in [0.1, 0.15) is 13.8 Å². The number of benzene rings is 1. The highest BCUT2D eigenvalue weighted by Gasteiger charge is 2.18. The number of rotatable bonds is 7. The Bertz CT molecular complexity index is 435. The summed E-state index contributed by atoms with van der Waals surface area (Å²) in [6.45, 7) is 5.73. The van der Waals surface area contributed by atoms with Crippen LogP contribution in [0.2, 0.25) is 0 Å². The Morgan fingerprint density at radius 3 is 2.53 bits per heavy atom. The molecule has 0 atom stereocenters. The summed E-state index contributed by atoms with van der Waals surface area (Å²) in [4.78, 5) is 12.9. The first-order chi connectivity index (χ1) is 8.97. The van der Waals surface area contributed by atoms with E-state index >= 15 is 0 Å². The Morgan fingerprint density at radius 2 is 2.00 bits per heavy atom. The molecule has 0 aliphatic carbocycles. The fourth-order valence-corrected chi connectivity index (χ4v) is 1.71.